The molecule has 2 rings (SSSR count). The molecule has 2 amide bonds. The lowest BCUT2D eigenvalue weighted by Gasteiger charge is -2.31. The molecule has 1 atom stereocenters. The Labute approximate surface area is 213 Å². The second-order valence-corrected chi connectivity index (χ2v) is 10.7. The first-order valence-electron chi connectivity index (χ1n) is 11.7. The maximum atomic E-state index is 13.4. The number of halogens is 2. The molecule has 0 aromatic heterocycles. The molecule has 0 bridgehead atoms. The fourth-order valence-electron chi connectivity index (χ4n) is 3.61. The maximum Gasteiger partial charge on any atom is 0.261 e. The summed E-state index contributed by atoms with van der Waals surface area (Å²) in [6, 6.07) is 12.3. The summed E-state index contributed by atoms with van der Waals surface area (Å²) in [6.07, 6.45) is 0.468. The van der Waals surface area contributed by atoms with Crippen molar-refractivity contribution in [2.24, 2.45) is 5.92 Å². The summed E-state index contributed by atoms with van der Waals surface area (Å²) < 4.78 is 5.99. The van der Waals surface area contributed by atoms with Crippen LogP contribution in [0, 0.1) is 5.92 Å². The van der Waals surface area contributed by atoms with Gasteiger partial charge >= 0.3 is 0 Å². The van der Waals surface area contributed by atoms with Crippen LogP contribution < -0.4 is 10.1 Å². The van der Waals surface area contributed by atoms with E-state index in [1.54, 1.807) is 17.0 Å². The molecule has 34 heavy (non-hydrogen) atoms. The molecule has 1 N–H and O–H groups in total. The van der Waals surface area contributed by atoms with Gasteiger partial charge in [-0.3, -0.25) is 9.59 Å². The van der Waals surface area contributed by atoms with Crippen LogP contribution in [0.25, 0.3) is 0 Å². The lowest BCUT2D eigenvalue weighted by atomic mass is 9.86. The molecule has 0 aliphatic carbocycles. The largest absolute Gasteiger partial charge is 0.483 e. The van der Waals surface area contributed by atoms with E-state index in [0.29, 0.717) is 34.7 Å². The molecule has 0 saturated heterocycles. The van der Waals surface area contributed by atoms with Crippen molar-refractivity contribution >= 4 is 35.0 Å². The summed E-state index contributed by atoms with van der Waals surface area (Å²) in [5.74, 6) is 0.508. The quantitative estimate of drug-likeness (QED) is 0.414. The van der Waals surface area contributed by atoms with Crippen LogP contribution in [-0.2, 0) is 21.5 Å². The maximum absolute atomic E-state index is 13.4. The van der Waals surface area contributed by atoms with Gasteiger partial charge in [-0.1, -0.05) is 89.0 Å². The summed E-state index contributed by atoms with van der Waals surface area (Å²) in [5, 5.41) is 3.80. The van der Waals surface area contributed by atoms with Crippen molar-refractivity contribution < 1.29 is 14.3 Å². The average Bonchev–Trinajstić information content (AvgIpc) is 2.77. The highest BCUT2D eigenvalue weighted by Crippen LogP contribution is 2.31. The molecule has 2 aromatic carbocycles. The first-order chi connectivity index (χ1) is 15.9. The third kappa shape index (κ3) is 7.92. The van der Waals surface area contributed by atoms with Gasteiger partial charge in [0, 0.05) is 13.1 Å². The van der Waals surface area contributed by atoms with Crippen LogP contribution in [0.2, 0.25) is 10.0 Å². The van der Waals surface area contributed by atoms with E-state index < -0.39 is 6.04 Å². The van der Waals surface area contributed by atoms with Gasteiger partial charge in [-0.15, -0.1) is 0 Å². The van der Waals surface area contributed by atoms with Crippen LogP contribution in [0.4, 0.5) is 0 Å². The summed E-state index contributed by atoms with van der Waals surface area (Å²) in [7, 11) is 0. The molecular formula is C27H36Cl2N2O3. The minimum atomic E-state index is -0.637. The first-order valence-corrected chi connectivity index (χ1v) is 12.4. The molecule has 186 valence electrons. The average molecular weight is 508 g/mol. The molecule has 0 aliphatic heterocycles. The van der Waals surface area contributed by atoms with Crippen LogP contribution in [0.15, 0.2) is 42.5 Å². The summed E-state index contributed by atoms with van der Waals surface area (Å²) in [4.78, 5) is 28.0. The van der Waals surface area contributed by atoms with Crippen molar-refractivity contribution in [1.82, 2.24) is 10.2 Å². The number of nitrogens with zero attached hydrogens (tertiary/aromatic N) is 1. The van der Waals surface area contributed by atoms with E-state index in [1.165, 1.54) is 0 Å². The molecule has 0 radical (unpaired) electrons. The van der Waals surface area contributed by atoms with Crippen molar-refractivity contribution in [3.05, 3.63) is 63.6 Å². The number of rotatable bonds is 10. The minimum Gasteiger partial charge on any atom is -0.483 e. The Morgan fingerprint density at radius 2 is 1.74 bits per heavy atom. The van der Waals surface area contributed by atoms with Crippen molar-refractivity contribution in [2.75, 3.05) is 13.2 Å². The van der Waals surface area contributed by atoms with Gasteiger partial charge in [0.15, 0.2) is 6.61 Å². The monoisotopic (exact) mass is 506 g/mol. The third-order valence-corrected chi connectivity index (χ3v) is 6.19. The van der Waals surface area contributed by atoms with E-state index in [2.05, 4.69) is 26.1 Å². The van der Waals surface area contributed by atoms with Crippen LogP contribution in [-0.4, -0.2) is 35.9 Å². The Morgan fingerprint density at radius 1 is 1.06 bits per heavy atom. The van der Waals surface area contributed by atoms with Gasteiger partial charge in [-0.25, -0.2) is 0 Å². The molecule has 0 aliphatic rings. The Balaban J connectivity index is 2.29. The molecule has 0 fully saturated rings. The predicted octanol–water partition coefficient (Wildman–Crippen LogP) is 6.25. The Hall–Kier alpha value is -2.24. The van der Waals surface area contributed by atoms with Crippen LogP contribution in [0.5, 0.6) is 5.75 Å². The number of carbonyl (C=O) groups excluding carboxylic acids is 2. The highest BCUT2D eigenvalue weighted by atomic mass is 35.5. The molecular weight excluding hydrogens is 471 g/mol. The van der Waals surface area contributed by atoms with Gasteiger partial charge in [-0.2, -0.15) is 0 Å². The smallest absolute Gasteiger partial charge is 0.261 e. The number of benzene rings is 2. The van der Waals surface area contributed by atoms with E-state index >= 15 is 0 Å². The standard InChI is InChI=1S/C27H36Cl2N2O3/c1-7-23(26(33)30-15-18(2)3)31(16-19-12-13-21(28)22(29)14-19)25(32)17-34-24-11-9-8-10-20(24)27(4,5)6/h8-14,18,23H,7,15-17H2,1-6H3,(H,30,33)/t23-/m0/s1. The fraction of sp³-hybridized carbons (Fsp3) is 0.481. The zero-order valence-electron chi connectivity index (χ0n) is 21.0. The second kappa shape index (κ2) is 12.5. The number of para-hydroxylation sites is 1. The summed E-state index contributed by atoms with van der Waals surface area (Å²) >= 11 is 12.3. The van der Waals surface area contributed by atoms with Crippen LogP contribution >= 0.6 is 23.2 Å². The Morgan fingerprint density at radius 3 is 2.32 bits per heavy atom. The van der Waals surface area contributed by atoms with Crippen LogP contribution in [0.1, 0.15) is 59.1 Å². The molecule has 0 saturated carbocycles. The third-order valence-electron chi connectivity index (χ3n) is 5.45. The number of hydrogen-bond acceptors (Lipinski definition) is 3. The van der Waals surface area contributed by atoms with Gasteiger partial charge in [0.2, 0.25) is 5.91 Å². The lowest BCUT2D eigenvalue weighted by molar-refractivity contribution is -0.143. The topological polar surface area (TPSA) is 58.6 Å². The van der Waals surface area contributed by atoms with Crippen molar-refractivity contribution in [1.29, 1.82) is 0 Å². The van der Waals surface area contributed by atoms with E-state index in [1.807, 2.05) is 51.1 Å². The zero-order valence-corrected chi connectivity index (χ0v) is 22.5. The second-order valence-electron chi connectivity index (χ2n) is 9.87. The molecule has 2 aromatic rings. The van der Waals surface area contributed by atoms with E-state index in [0.717, 1.165) is 11.1 Å². The molecule has 0 unspecified atom stereocenters. The van der Waals surface area contributed by atoms with E-state index in [4.69, 9.17) is 27.9 Å². The van der Waals surface area contributed by atoms with E-state index in [9.17, 15) is 9.59 Å². The number of nitrogens with one attached hydrogen (secondary N) is 1. The van der Waals surface area contributed by atoms with Crippen LogP contribution in [0.3, 0.4) is 0 Å². The van der Waals surface area contributed by atoms with Gasteiger partial charge < -0.3 is 15.0 Å². The van der Waals surface area contributed by atoms with Gasteiger partial charge in [0.25, 0.3) is 5.91 Å². The van der Waals surface area contributed by atoms with Gasteiger partial charge in [-0.05, 0) is 47.1 Å². The van der Waals surface area contributed by atoms with E-state index in [-0.39, 0.29) is 30.4 Å². The number of amides is 2. The molecule has 0 heterocycles. The fourth-order valence-corrected chi connectivity index (χ4v) is 3.93. The number of ether oxygens (including phenoxy) is 1. The Bertz CT molecular complexity index is 986. The van der Waals surface area contributed by atoms with Crippen molar-refractivity contribution in [2.45, 2.75) is 66.0 Å². The highest BCUT2D eigenvalue weighted by Gasteiger charge is 2.29. The Kier molecular flexibility index (Phi) is 10.3. The highest BCUT2D eigenvalue weighted by molar-refractivity contribution is 6.42. The number of carbonyl (C=O) groups is 2. The predicted molar refractivity (Wildman–Crippen MR) is 140 cm³/mol. The molecule has 0 spiro atoms. The summed E-state index contributed by atoms with van der Waals surface area (Å²) in [6.45, 7) is 12.8. The zero-order chi connectivity index (χ0) is 25.5. The molecule has 7 heteroatoms. The number of hydrogen-bond donors (Lipinski definition) is 1. The molecule has 5 nitrogen and oxygen atoms in total. The van der Waals surface area contributed by atoms with Gasteiger partial charge in [0.1, 0.15) is 11.8 Å². The van der Waals surface area contributed by atoms with Crippen molar-refractivity contribution in [3.63, 3.8) is 0 Å². The SMILES string of the molecule is CC[C@@H](C(=O)NCC(C)C)N(Cc1ccc(Cl)c(Cl)c1)C(=O)COc1ccccc1C(C)(C)C. The normalized spacial score (nSPS) is 12.4. The van der Waals surface area contributed by atoms with Gasteiger partial charge in [0.05, 0.1) is 10.0 Å². The first kappa shape index (κ1) is 28.0. The lowest BCUT2D eigenvalue weighted by Crippen LogP contribution is -2.50. The van der Waals surface area contributed by atoms with Crippen molar-refractivity contribution in [3.8, 4) is 5.75 Å². The summed E-state index contributed by atoms with van der Waals surface area (Å²) in [5.41, 5.74) is 1.66. The minimum absolute atomic E-state index is 0.137.